The molecule has 7 nitrogen and oxygen atoms in total. The number of hydrogen-bond donors (Lipinski definition) is 1. The SMILES string of the molecule is CCCC/C=C/CCCCCCCCCCCCCCOC(=O)c1ccc(S(=O)(=O)O)cc1C(=O)OCCCCCCCCCCCCCC/C=C/CCCC. The van der Waals surface area contributed by atoms with Crippen molar-refractivity contribution < 1.29 is 32.0 Å². The molecule has 0 aromatic heterocycles. The van der Waals surface area contributed by atoms with Crippen molar-refractivity contribution in [3.63, 3.8) is 0 Å². The fourth-order valence-electron chi connectivity index (χ4n) is 6.90. The summed E-state index contributed by atoms with van der Waals surface area (Å²) in [6.07, 6.45) is 48.0. The molecule has 0 amide bonds. The maximum absolute atomic E-state index is 13.0. The molecule has 0 heterocycles. The van der Waals surface area contributed by atoms with Crippen LogP contribution in [0.5, 0.6) is 0 Å². The van der Waals surface area contributed by atoms with Gasteiger partial charge in [0.25, 0.3) is 10.1 Å². The fourth-order valence-corrected chi connectivity index (χ4v) is 7.40. The third-order valence-corrected chi connectivity index (χ3v) is 11.4. The lowest BCUT2D eigenvalue weighted by Crippen LogP contribution is -2.16. The molecule has 0 saturated heterocycles. The first-order chi connectivity index (χ1) is 27.3. The number of carbonyl (C=O) groups is 2. The van der Waals surface area contributed by atoms with Gasteiger partial charge in [0, 0.05) is 0 Å². The van der Waals surface area contributed by atoms with Crippen LogP contribution in [0.15, 0.2) is 47.4 Å². The first-order valence-electron chi connectivity index (χ1n) is 23.1. The summed E-state index contributed by atoms with van der Waals surface area (Å²) in [6, 6.07) is 3.31. The molecule has 8 heteroatoms. The molecule has 0 saturated carbocycles. The van der Waals surface area contributed by atoms with Gasteiger partial charge in [-0.15, -0.1) is 0 Å². The number of rotatable bonds is 39. The maximum Gasteiger partial charge on any atom is 0.339 e. The Morgan fingerprint density at radius 2 is 0.768 bits per heavy atom. The van der Waals surface area contributed by atoms with E-state index in [-0.39, 0.29) is 24.3 Å². The standard InChI is InChI=1S/C48H82O7S/c1-3-5-7-9-11-13-15-17-19-21-23-25-27-29-31-33-35-37-41-54-47(49)45-40-39-44(56(51,52)53)43-46(45)48(50)55-42-38-36-34-32-30-28-26-24-22-20-18-16-14-12-10-8-6-4-2/h9-12,39-40,43H,3-8,13-38,41-42H2,1-2H3,(H,51,52,53)/b11-9+,12-10+. The lowest BCUT2D eigenvalue weighted by molar-refractivity contribution is 0.0450. The fraction of sp³-hybridized carbons (Fsp3) is 0.750. The predicted molar refractivity (Wildman–Crippen MR) is 234 cm³/mol. The van der Waals surface area contributed by atoms with Gasteiger partial charge in [0.2, 0.25) is 0 Å². The lowest BCUT2D eigenvalue weighted by Gasteiger charge is -2.11. The van der Waals surface area contributed by atoms with Gasteiger partial charge in [-0.2, -0.15) is 8.42 Å². The molecule has 1 aromatic carbocycles. The van der Waals surface area contributed by atoms with Crippen LogP contribution < -0.4 is 0 Å². The topological polar surface area (TPSA) is 107 Å². The van der Waals surface area contributed by atoms with Gasteiger partial charge in [0.05, 0.1) is 29.2 Å². The van der Waals surface area contributed by atoms with Crippen LogP contribution in [0.2, 0.25) is 0 Å². The van der Waals surface area contributed by atoms with E-state index in [0.29, 0.717) is 6.42 Å². The van der Waals surface area contributed by atoms with E-state index in [1.165, 1.54) is 167 Å². The Labute approximate surface area is 344 Å². The lowest BCUT2D eigenvalue weighted by atomic mass is 10.0. The number of esters is 2. The van der Waals surface area contributed by atoms with Crippen molar-refractivity contribution in [2.24, 2.45) is 0 Å². The molecule has 0 bridgehead atoms. The van der Waals surface area contributed by atoms with Gasteiger partial charge >= 0.3 is 11.9 Å². The summed E-state index contributed by atoms with van der Waals surface area (Å²) >= 11 is 0. The highest BCUT2D eigenvalue weighted by Crippen LogP contribution is 2.20. The largest absolute Gasteiger partial charge is 0.462 e. The van der Waals surface area contributed by atoms with Crippen molar-refractivity contribution >= 4 is 22.1 Å². The molecule has 1 aromatic rings. The molecular weight excluding hydrogens is 721 g/mol. The zero-order valence-electron chi connectivity index (χ0n) is 35.9. The predicted octanol–water partition coefficient (Wildman–Crippen LogP) is 14.9. The second-order valence-electron chi connectivity index (χ2n) is 15.7. The minimum Gasteiger partial charge on any atom is -0.462 e. The van der Waals surface area contributed by atoms with Crippen LogP contribution in [0.3, 0.4) is 0 Å². The van der Waals surface area contributed by atoms with Crippen molar-refractivity contribution in [1.29, 1.82) is 0 Å². The summed E-state index contributed by atoms with van der Waals surface area (Å²) in [6.45, 7) is 4.87. The Balaban J connectivity index is 2.18. The summed E-state index contributed by atoms with van der Waals surface area (Å²) in [5.74, 6) is -1.50. The number of benzene rings is 1. The van der Waals surface area contributed by atoms with Crippen LogP contribution in [-0.4, -0.2) is 38.1 Å². The normalized spacial score (nSPS) is 11.9. The van der Waals surface area contributed by atoms with E-state index in [4.69, 9.17) is 9.47 Å². The average Bonchev–Trinajstić information content (AvgIpc) is 3.18. The monoisotopic (exact) mass is 803 g/mol. The summed E-state index contributed by atoms with van der Waals surface area (Å²) in [7, 11) is -4.57. The van der Waals surface area contributed by atoms with Gasteiger partial charge in [-0.3, -0.25) is 4.55 Å². The van der Waals surface area contributed by atoms with Crippen molar-refractivity contribution in [3.8, 4) is 0 Å². The summed E-state index contributed by atoms with van der Waals surface area (Å²) in [5, 5.41) is 0. The molecule has 56 heavy (non-hydrogen) atoms. The number of allylic oxidation sites excluding steroid dienone is 4. The second-order valence-corrected chi connectivity index (χ2v) is 17.2. The molecule has 0 radical (unpaired) electrons. The highest BCUT2D eigenvalue weighted by atomic mass is 32.2. The quantitative estimate of drug-likeness (QED) is 0.0306. The first kappa shape index (κ1) is 51.6. The highest BCUT2D eigenvalue weighted by molar-refractivity contribution is 7.85. The Bertz CT molecular complexity index is 1270. The van der Waals surface area contributed by atoms with Gasteiger partial charge in [-0.25, -0.2) is 9.59 Å². The summed E-state index contributed by atoms with van der Waals surface area (Å²) in [5.41, 5.74) is -0.268. The zero-order chi connectivity index (χ0) is 40.8. The number of ether oxygens (including phenoxy) is 2. The Morgan fingerprint density at radius 3 is 1.11 bits per heavy atom. The molecule has 1 rings (SSSR count). The average molecular weight is 803 g/mol. The minimum atomic E-state index is -4.57. The van der Waals surface area contributed by atoms with Crippen LogP contribution in [0.4, 0.5) is 0 Å². The van der Waals surface area contributed by atoms with Crippen LogP contribution in [0.1, 0.15) is 240 Å². The van der Waals surface area contributed by atoms with Crippen LogP contribution in [0.25, 0.3) is 0 Å². The third kappa shape index (κ3) is 29.7. The van der Waals surface area contributed by atoms with Gasteiger partial charge in [-0.05, 0) is 69.6 Å². The summed E-state index contributed by atoms with van der Waals surface area (Å²) < 4.78 is 44.0. The molecule has 0 spiro atoms. The van der Waals surface area contributed by atoms with E-state index in [2.05, 4.69) is 38.2 Å². The number of carbonyl (C=O) groups excluding carboxylic acids is 2. The van der Waals surface area contributed by atoms with E-state index in [1.807, 2.05) is 0 Å². The number of unbranched alkanes of at least 4 members (excludes halogenated alkanes) is 28. The van der Waals surface area contributed by atoms with Gasteiger partial charge in [0.15, 0.2) is 0 Å². The van der Waals surface area contributed by atoms with Crippen molar-refractivity contribution in [1.82, 2.24) is 0 Å². The molecule has 322 valence electrons. The maximum atomic E-state index is 13.0. The van der Waals surface area contributed by atoms with E-state index < -0.39 is 27.0 Å². The van der Waals surface area contributed by atoms with Gasteiger partial charge in [0.1, 0.15) is 0 Å². The Kier molecular flexibility index (Phi) is 33.9. The number of hydrogen-bond acceptors (Lipinski definition) is 6. The first-order valence-corrected chi connectivity index (χ1v) is 24.5. The molecule has 0 fully saturated rings. The molecule has 1 N–H and O–H groups in total. The van der Waals surface area contributed by atoms with E-state index in [9.17, 15) is 22.6 Å². The minimum absolute atomic E-state index is 0.0587. The van der Waals surface area contributed by atoms with E-state index >= 15 is 0 Å². The Morgan fingerprint density at radius 1 is 0.464 bits per heavy atom. The highest BCUT2D eigenvalue weighted by Gasteiger charge is 2.23. The van der Waals surface area contributed by atoms with Crippen LogP contribution in [-0.2, 0) is 19.6 Å². The summed E-state index contributed by atoms with van der Waals surface area (Å²) in [4.78, 5) is 25.4. The molecule has 0 unspecified atom stereocenters. The molecule has 0 aliphatic rings. The molecular formula is C48H82O7S. The van der Waals surface area contributed by atoms with Gasteiger partial charge < -0.3 is 9.47 Å². The molecule has 0 atom stereocenters. The van der Waals surface area contributed by atoms with Crippen LogP contribution >= 0.6 is 0 Å². The van der Waals surface area contributed by atoms with Crippen molar-refractivity contribution in [2.45, 2.75) is 224 Å². The third-order valence-electron chi connectivity index (χ3n) is 10.5. The second kappa shape index (κ2) is 36.9. The van der Waals surface area contributed by atoms with Crippen LogP contribution in [0, 0.1) is 0 Å². The smallest absolute Gasteiger partial charge is 0.339 e. The van der Waals surface area contributed by atoms with E-state index in [0.717, 1.165) is 50.7 Å². The molecule has 0 aliphatic carbocycles. The van der Waals surface area contributed by atoms with E-state index in [1.54, 1.807) is 0 Å². The van der Waals surface area contributed by atoms with Crippen molar-refractivity contribution in [2.75, 3.05) is 13.2 Å². The van der Waals surface area contributed by atoms with Crippen molar-refractivity contribution in [3.05, 3.63) is 53.6 Å². The Hall–Kier alpha value is -2.45. The molecule has 0 aliphatic heterocycles. The zero-order valence-corrected chi connectivity index (χ0v) is 36.7. The van der Waals surface area contributed by atoms with Gasteiger partial charge in [-0.1, -0.05) is 192 Å².